The van der Waals surface area contributed by atoms with E-state index in [9.17, 15) is 19.2 Å². The molecule has 2 saturated heterocycles. The predicted molar refractivity (Wildman–Crippen MR) is 101 cm³/mol. The minimum atomic E-state index is -0.899. The highest BCUT2D eigenvalue weighted by atomic mass is 16.5. The summed E-state index contributed by atoms with van der Waals surface area (Å²) >= 11 is 0. The van der Waals surface area contributed by atoms with Crippen LogP contribution in [0.4, 0.5) is 4.79 Å². The highest BCUT2D eigenvalue weighted by molar-refractivity contribution is 6.09. The van der Waals surface area contributed by atoms with Gasteiger partial charge in [0.2, 0.25) is 0 Å². The molecule has 0 radical (unpaired) electrons. The van der Waals surface area contributed by atoms with E-state index in [1.54, 1.807) is 4.90 Å². The number of piperidine rings is 1. The van der Waals surface area contributed by atoms with E-state index in [0.717, 1.165) is 43.4 Å². The maximum absolute atomic E-state index is 12.9. The lowest BCUT2D eigenvalue weighted by molar-refractivity contribution is -0.156. The van der Waals surface area contributed by atoms with Crippen LogP contribution in [-0.2, 0) is 19.1 Å². The van der Waals surface area contributed by atoms with E-state index >= 15 is 0 Å². The molecule has 8 heteroatoms. The predicted octanol–water partition coefficient (Wildman–Crippen LogP) is 1.82. The number of urea groups is 1. The Bertz CT molecular complexity index is 656. The Kier molecular flexibility index (Phi) is 5.95. The molecule has 1 N–H and O–H groups in total. The fourth-order valence-electron chi connectivity index (χ4n) is 4.94. The third kappa shape index (κ3) is 3.73. The molecule has 0 aromatic heterocycles. The zero-order valence-electron chi connectivity index (χ0n) is 17.0. The zero-order valence-corrected chi connectivity index (χ0v) is 17.0. The molecule has 1 spiro atoms. The summed E-state index contributed by atoms with van der Waals surface area (Å²) in [6, 6.07) is -0.317. The molecule has 3 fully saturated rings. The number of esters is 1. The van der Waals surface area contributed by atoms with Crippen molar-refractivity contribution in [3.63, 3.8) is 0 Å². The number of ether oxygens (including phenoxy) is 1. The van der Waals surface area contributed by atoms with Gasteiger partial charge in [-0.3, -0.25) is 19.3 Å². The Balaban J connectivity index is 1.55. The van der Waals surface area contributed by atoms with Crippen LogP contribution in [0.15, 0.2) is 0 Å². The molecule has 0 unspecified atom stereocenters. The molecule has 3 rings (SSSR count). The third-order valence-corrected chi connectivity index (χ3v) is 6.63. The van der Waals surface area contributed by atoms with E-state index in [0.29, 0.717) is 6.42 Å². The highest BCUT2D eigenvalue weighted by Gasteiger charge is 2.55. The van der Waals surface area contributed by atoms with Gasteiger partial charge < -0.3 is 15.0 Å². The first-order valence-electron chi connectivity index (χ1n) is 10.4. The van der Waals surface area contributed by atoms with Crippen molar-refractivity contribution in [2.45, 2.75) is 83.3 Å². The molecular weight excluding hydrogens is 362 g/mol. The van der Waals surface area contributed by atoms with Gasteiger partial charge in [0.1, 0.15) is 12.1 Å². The normalized spacial score (nSPS) is 33.2. The molecule has 28 heavy (non-hydrogen) atoms. The van der Waals surface area contributed by atoms with Crippen molar-refractivity contribution in [1.82, 2.24) is 15.1 Å². The molecule has 0 aromatic carbocycles. The minimum absolute atomic E-state index is 0.0300. The molecule has 1 saturated carbocycles. The van der Waals surface area contributed by atoms with Gasteiger partial charge in [0.05, 0.1) is 0 Å². The monoisotopic (exact) mass is 393 g/mol. The lowest BCUT2D eigenvalue weighted by atomic mass is 9.73. The van der Waals surface area contributed by atoms with Gasteiger partial charge in [-0.1, -0.05) is 19.8 Å². The number of nitrogens with one attached hydrogen (secondary N) is 1. The van der Waals surface area contributed by atoms with Crippen LogP contribution in [-0.4, -0.2) is 64.4 Å². The smallest absolute Gasteiger partial charge is 0.326 e. The van der Waals surface area contributed by atoms with E-state index < -0.39 is 24.1 Å². The van der Waals surface area contributed by atoms with Crippen LogP contribution in [0.3, 0.4) is 0 Å². The van der Waals surface area contributed by atoms with E-state index in [4.69, 9.17) is 4.74 Å². The number of imide groups is 1. The molecule has 156 valence electrons. The molecule has 1 aliphatic carbocycles. The van der Waals surface area contributed by atoms with Crippen LogP contribution in [0.25, 0.3) is 0 Å². The first kappa shape index (κ1) is 20.6. The lowest BCUT2D eigenvalue weighted by Crippen LogP contribution is -2.54. The first-order chi connectivity index (χ1) is 13.3. The standard InChI is InChI=1S/C20H31N3O5/c1-13-7-4-5-10-20(13)18(26)22(19(27)21-20)11-17(25)28-12-16(24)23-14(2)8-6-9-15(23)3/h13-15H,4-12H2,1-3H3,(H,21,27)/t13-,14-,15+,20+/m0/s1. The molecule has 4 atom stereocenters. The van der Waals surface area contributed by atoms with Crippen LogP contribution >= 0.6 is 0 Å². The highest BCUT2D eigenvalue weighted by Crippen LogP contribution is 2.38. The van der Waals surface area contributed by atoms with E-state index in [1.807, 2.05) is 20.8 Å². The van der Waals surface area contributed by atoms with Gasteiger partial charge in [-0.15, -0.1) is 0 Å². The molecule has 8 nitrogen and oxygen atoms in total. The number of carbonyl (C=O) groups is 4. The van der Waals surface area contributed by atoms with Crippen LogP contribution in [0.5, 0.6) is 0 Å². The second-order valence-corrected chi connectivity index (χ2v) is 8.53. The average Bonchev–Trinajstić information content (AvgIpc) is 2.87. The van der Waals surface area contributed by atoms with Crippen molar-refractivity contribution in [2.24, 2.45) is 5.92 Å². The van der Waals surface area contributed by atoms with Crippen molar-refractivity contribution in [1.29, 1.82) is 0 Å². The number of nitrogens with zero attached hydrogens (tertiary/aromatic N) is 2. The average molecular weight is 393 g/mol. The molecule has 0 bridgehead atoms. The zero-order chi connectivity index (χ0) is 20.5. The molecule has 3 aliphatic rings. The summed E-state index contributed by atoms with van der Waals surface area (Å²) in [5.41, 5.74) is -0.899. The Labute approximate surface area is 165 Å². The van der Waals surface area contributed by atoms with E-state index in [2.05, 4.69) is 5.32 Å². The molecular formula is C20H31N3O5. The second-order valence-electron chi connectivity index (χ2n) is 8.53. The number of carbonyl (C=O) groups excluding carboxylic acids is 4. The number of hydrogen-bond donors (Lipinski definition) is 1. The van der Waals surface area contributed by atoms with Crippen LogP contribution in [0.1, 0.15) is 65.7 Å². The summed E-state index contributed by atoms with van der Waals surface area (Å²) in [5.74, 6) is -1.30. The van der Waals surface area contributed by atoms with Crippen molar-refractivity contribution in [3.05, 3.63) is 0 Å². The van der Waals surface area contributed by atoms with Gasteiger partial charge in [-0.2, -0.15) is 0 Å². The van der Waals surface area contributed by atoms with E-state index in [1.165, 1.54) is 0 Å². The molecule has 2 heterocycles. The Morgan fingerprint density at radius 3 is 2.39 bits per heavy atom. The fraction of sp³-hybridized carbons (Fsp3) is 0.800. The Hall–Kier alpha value is -2.12. The minimum Gasteiger partial charge on any atom is -0.454 e. The SMILES string of the molecule is C[C@@H]1CCC[C@H](C)N1C(=O)COC(=O)CN1C(=O)N[C@@]2(CCCC[C@@H]2C)C1=O. The number of hydrogen-bond acceptors (Lipinski definition) is 5. The van der Waals surface area contributed by atoms with Crippen molar-refractivity contribution in [3.8, 4) is 0 Å². The molecule has 2 aliphatic heterocycles. The molecule has 4 amide bonds. The first-order valence-corrected chi connectivity index (χ1v) is 10.4. The van der Waals surface area contributed by atoms with Gasteiger partial charge in [0, 0.05) is 12.1 Å². The third-order valence-electron chi connectivity index (χ3n) is 6.63. The van der Waals surface area contributed by atoms with Gasteiger partial charge in [0.15, 0.2) is 6.61 Å². The quantitative estimate of drug-likeness (QED) is 0.581. The summed E-state index contributed by atoms with van der Waals surface area (Å²) in [4.78, 5) is 52.6. The summed E-state index contributed by atoms with van der Waals surface area (Å²) in [6.45, 7) is 5.12. The second kappa shape index (κ2) is 8.09. The van der Waals surface area contributed by atoms with Crippen molar-refractivity contribution in [2.75, 3.05) is 13.2 Å². The summed E-state index contributed by atoms with van der Waals surface area (Å²) in [7, 11) is 0. The lowest BCUT2D eigenvalue weighted by Gasteiger charge is -2.38. The summed E-state index contributed by atoms with van der Waals surface area (Å²) in [5, 5.41) is 2.81. The Morgan fingerprint density at radius 1 is 1.07 bits per heavy atom. The Morgan fingerprint density at radius 2 is 1.75 bits per heavy atom. The fourth-order valence-corrected chi connectivity index (χ4v) is 4.94. The van der Waals surface area contributed by atoms with Crippen LogP contribution in [0, 0.1) is 5.92 Å². The van der Waals surface area contributed by atoms with Gasteiger partial charge in [-0.25, -0.2) is 4.79 Å². The maximum Gasteiger partial charge on any atom is 0.326 e. The van der Waals surface area contributed by atoms with Crippen molar-refractivity contribution >= 4 is 23.8 Å². The number of rotatable bonds is 4. The maximum atomic E-state index is 12.9. The molecule has 0 aromatic rings. The van der Waals surface area contributed by atoms with Crippen molar-refractivity contribution < 1.29 is 23.9 Å². The van der Waals surface area contributed by atoms with Crippen LogP contribution < -0.4 is 5.32 Å². The summed E-state index contributed by atoms with van der Waals surface area (Å²) < 4.78 is 5.11. The van der Waals surface area contributed by atoms with Gasteiger partial charge in [-0.05, 0) is 51.9 Å². The largest absolute Gasteiger partial charge is 0.454 e. The number of likely N-dealkylation sites (tertiary alicyclic amines) is 1. The summed E-state index contributed by atoms with van der Waals surface area (Å²) in [6.07, 6.45) is 6.31. The number of amides is 4. The van der Waals surface area contributed by atoms with Gasteiger partial charge in [0.25, 0.3) is 11.8 Å². The van der Waals surface area contributed by atoms with Crippen LogP contribution in [0.2, 0.25) is 0 Å². The topological polar surface area (TPSA) is 96.0 Å². The van der Waals surface area contributed by atoms with E-state index in [-0.39, 0.29) is 36.4 Å². The van der Waals surface area contributed by atoms with Gasteiger partial charge >= 0.3 is 12.0 Å².